The molecule has 1 amide bonds. The Hall–Kier alpha value is -3.84. The zero-order chi connectivity index (χ0) is 31.5. The molecule has 1 aliphatic carbocycles. The number of sulfonamides is 1. The zero-order valence-electron chi connectivity index (χ0n) is 23.4. The summed E-state index contributed by atoms with van der Waals surface area (Å²) >= 11 is 0. The highest BCUT2D eigenvalue weighted by Crippen LogP contribution is 2.33. The van der Waals surface area contributed by atoms with E-state index in [1.807, 2.05) is 24.3 Å². The Kier molecular flexibility index (Phi) is 9.86. The van der Waals surface area contributed by atoms with Crippen LogP contribution in [0.1, 0.15) is 59.5 Å². The molecule has 230 valence electrons. The molecule has 0 heterocycles. The first-order chi connectivity index (χ1) is 20.4. The van der Waals surface area contributed by atoms with Crippen molar-refractivity contribution in [3.63, 3.8) is 0 Å². The van der Waals surface area contributed by atoms with Crippen LogP contribution in [0.25, 0.3) is 0 Å². The van der Waals surface area contributed by atoms with Gasteiger partial charge in [-0.2, -0.15) is 4.31 Å². The van der Waals surface area contributed by atoms with E-state index in [0.717, 1.165) is 38.3 Å². The molecule has 1 fully saturated rings. The molecular formula is C30H29F5N2O5S. The number of methoxy groups -OCH3 is 1. The van der Waals surface area contributed by atoms with Crippen LogP contribution in [0.2, 0.25) is 0 Å². The summed E-state index contributed by atoms with van der Waals surface area (Å²) in [7, 11) is -3.38. The molecule has 0 radical (unpaired) electrons. The number of ether oxygens (including phenoxy) is 1. The number of esters is 1. The van der Waals surface area contributed by atoms with Crippen molar-refractivity contribution < 1.29 is 44.7 Å². The number of carbonyl (C=O) groups excluding carboxylic acids is 2. The van der Waals surface area contributed by atoms with Crippen LogP contribution in [0.3, 0.4) is 0 Å². The Bertz CT molecular complexity index is 1580. The van der Waals surface area contributed by atoms with Crippen LogP contribution in [0.4, 0.5) is 27.6 Å². The van der Waals surface area contributed by atoms with Crippen LogP contribution in [-0.2, 0) is 26.1 Å². The molecule has 0 N–H and O–H groups in total. The molecule has 7 nitrogen and oxygen atoms in total. The number of amides is 1. The molecule has 13 heteroatoms. The van der Waals surface area contributed by atoms with Crippen molar-refractivity contribution in [1.29, 1.82) is 0 Å². The number of anilines is 1. The Labute approximate surface area is 245 Å². The summed E-state index contributed by atoms with van der Waals surface area (Å²) in [5.74, 6) is -13.5. The second-order valence-corrected chi connectivity index (χ2v) is 12.2. The lowest BCUT2D eigenvalue weighted by atomic mass is 9.84. The summed E-state index contributed by atoms with van der Waals surface area (Å²) in [6.45, 7) is -1.07. The van der Waals surface area contributed by atoms with Crippen LogP contribution in [-0.4, -0.2) is 45.3 Å². The SMILES string of the molecule is COC(=O)c1ccc(N(Cc2ccc(C3CCCCC3)cc2)C(=O)CN(C)S(=O)(=O)c2c(F)c(F)c(F)c(F)c2F)cc1. The van der Waals surface area contributed by atoms with E-state index in [2.05, 4.69) is 4.74 Å². The minimum Gasteiger partial charge on any atom is -0.465 e. The van der Waals surface area contributed by atoms with Crippen molar-refractivity contribution in [3.05, 3.63) is 94.3 Å². The molecule has 43 heavy (non-hydrogen) atoms. The summed E-state index contributed by atoms with van der Waals surface area (Å²) < 4.78 is 101. The first-order valence-corrected chi connectivity index (χ1v) is 14.9. The number of likely N-dealkylation sites (N-methyl/N-ethyl adjacent to an activating group) is 1. The Morgan fingerprint density at radius 1 is 0.814 bits per heavy atom. The van der Waals surface area contributed by atoms with Crippen LogP contribution in [0.15, 0.2) is 53.4 Å². The van der Waals surface area contributed by atoms with E-state index in [4.69, 9.17) is 0 Å². The van der Waals surface area contributed by atoms with Gasteiger partial charge >= 0.3 is 5.97 Å². The van der Waals surface area contributed by atoms with E-state index in [1.165, 1.54) is 42.7 Å². The van der Waals surface area contributed by atoms with Crippen LogP contribution >= 0.6 is 0 Å². The summed E-state index contributed by atoms with van der Waals surface area (Å²) in [5.41, 5.74) is 2.27. The highest BCUT2D eigenvalue weighted by Gasteiger charge is 2.37. The largest absolute Gasteiger partial charge is 0.465 e. The van der Waals surface area contributed by atoms with Gasteiger partial charge in [0.05, 0.1) is 25.8 Å². The summed E-state index contributed by atoms with van der Waals surface area (Å²) in [4.78, 5) is 24.5. The molecule has 3 aromatic carbocycles. The Morgan fingerprint density at radius 2 is 1.35 bits per heavy atom. The lowest BCUT2D eigenvalue weighted by Crippen LogP contribution is -2.41. The molecule has 0 aliphatic heterocycles. The van der Waals surface area contributed by atoms with Gasteiger partial charge in [-0.25, -0.2) is 35.2 Å². The molecule has 1 saturated carbocycles. The molecule has 3 aromatic rings. The number of nitrogens with zero attached hydrogens (tertiary/aromatic N) is 2. The van der Waals surface area contributed by atoms with Crippen LogP contribution in [0.5, 0.6) is 0 Å². The van der Waals surface area contributed by atoms with E-state index < -0.39 is 62.4 Å². The minimum atomic E-state index is -5.36. The van der Waals surface area contributed by atoms with E-state index in [-0.39, 0.29) is 22.1 Å². The number of carbonyl (C=O) groups is 2. The maximum atomic E-state index is 14.3. The molecule has 1 aliphatic rings. The summed E-state index contributed by atoms with van der Waals surface area (Å²) in [6, 6.07) is 13.2. The minimum absolute atomic E-state index is 0.0578. The number of halogens is 5. The van der Waals surface area contributed by atoms with E-state index in [9.17, 15) is 40.0 Å². The standard InChI is InChI=1S/C30H29F5N2O5S/c1-36(43(40,41)29-27(34)25(32)24(31)26(33)28(29)35)17-23(38)37(22-14-12-21(13-15-22)30(39)42-2)16-18-8-10-20(11-9-18)19-6-4-3-5-7-19/h8-15,19H,3-7,16-17H2,1-2H3. The third-order valence-electron chi connectivity index (χ3n) is 7.49. The summed E-state index contributed by atoms with van der Waals surface area (Å²) in [6.07, 6.45) is 5.67. The Morgan fingerprint density at radius 3 is 1.88 bits per heavy atom. The van der Waals surface area contributed by atoms with Crippen LogP contribution < -0.4 is 4.90 Å². The van der Waals surface area contributed by atoms with Crippen molar-refractivity contribution in [2.75, 3.05) is 25.6 Å². The van der Waals surface area contributed by atoms with Gasteiger partial charge in [-0.15, -0.1) is 0 Å². The average molecular weight is 625 g/mol. The second kappa shape index (κ2) is 13.2. The molecule has 0 aromatic heterocycles. The quantitative estimate of drug-likeness (QED) is 0.125. The van der Waals surface area contributed by atoms with Gasteiger partial charge in [0.15, 0.2) is 28.2 Å². The van der Waals surface area contributed by atoms with Crippen molar-refractivity contribution in [2.45, 2.75) is 49.5 Å². The Balaban J connectivity index is 1.63. The van der Waals surface area contributed by atoms with Crippen molar-refractivity contribution in [3.8, 4) is 0 Å². The topological polar surface area (TPSA) is 84.0 Å². The van der Waals surface area contributed by atoms with Gasteiger partial charge in [-0.3, -0.25) is 4.79 Å². The third-order valence-corrected chi connectivity index (χ3v) is 9.32. The first kappa shape index (κ1) is 32.1. The summed E-state index contributed by atoms with van der Waals surface area (Å²) in [5, 5.41) is 0. The zero-order valence-corrected chi connectivity index (χ0v) is 24.2. The maximum absolute atomic E-state index is 14.3. The van der Waals surface area contributed by atoms with E-state index >= 15 is 0 Å². The highest BCUT2D eigenvalue weighted by atomic mass is 32.2. The fraction of sp³-hybridized carbons (Fsp3) is 0.333. The molecular weight excluding hydrogens is 595 g/mol. The van der Waals surface area contributed by atoms with Gasteiger partial charge < -0.3 is 9.64 Å². The maximum Gasteiger partial charge on any atom is 0.337 e. The number of hydrogen-bond acceptors (Lipinski definition) is 5. The number of rotatable bonds is 9. The smallest absolute Gasteiger partial charge is 0.337 e. The molecule has 4 rings (SSSR count). The number of hydrogen-bond donors (Lipinski definition) is 0. The lowest BCUT2D eigenvalue weighted by Gasteiger charge is -2.26. The fourth-order valence-electron chi connectivity index (χ4n) is 5.06. The molecule has 0 unspecified atom stereocenters. The van der Waals surface area contributed by atoms with Gasteiger partial charge in [0, 0.05) is 12.7 Å². The molecule has 0 atom stereocenters. The van der Waals surface area contributed by atoms with Gasteiger partial charge in [0.1, 0.15) is 0 Å². The normalized spacial score (nSPS) is 14.1. The van der Waals surface area contributed by atoms with Crippen molar-refractivity contribution in [1.82, 2.24) is 4.31 Å². The fourth-order valence-corrected chi connectivity index (χ4v) is 6.28. The van der Waals surface area contributed by atoms with Crippen molar-refractivity contribution in [2.24, 2.45) is 0 Å². The average Bonchev–Trinajstić information content (AvgIpc) is 3.02. The first-order valence-electron chi connectivity index (χ1n) is 13.4. The van der Waals surface area contributed by atoms with Gasteiger partial charge in [-0.05, 0) is 54.2 Å². The number of benzene rings is 3. The third kappa shape index (κ3) is 6.72. The predicted octanol–water partition coefficient (Wildman–Crippen LogP) is 6.07. The van der Waals surface area contributed by atoms with Crippen molar-refractivity contribution >= 4 is 27.6 Å². The van der Waals surface area contributed by atoms with E-state index in [0.29, 0.717) is 11.5 Å². The lowest BCUT2D eigenvalue weighted by molar-refractivity contribution is -0.118. The molecule has 0 spiro atoms. The van der Waals surface area contributed by atoms with Gasteiger partial charge in [-0.1, -0.05) is 43.5 Å². The van der Waals surface area contributed by atoms with Gasteiger partial charge in [0.2, 0.25) is 21.7 Å². The van der Waals surface area contributed by atoms with Crippen LogP contribution in [0, 0.1) is 29.1 Å². The molecule has 0 saturated heterocycles. The van der Waals surface area contributed by atoms with Gasteiger partial charge in [0.25, 0.3) is 0 Å². The predicted molar refractivity (Wildman–Crippen MR) is 147 cm³/mol. The second-order valence-electron chi connectivity index (χ2n) is 10.3. The highest BCUT2D eigenvalue weighted by molar-refractivity contribution is 7.89. The van der Waals surface area contributed by atoms with E-state index in [1.54, 1.807) is 0 Å². The monoisotopic (exact) mass is 624 g/mol. The molecule has 0 bridgehead atoms.